The van der Waals surface area contributed by atoms with Crippen LogP contribution in [0.1, 0.15) is 20.8 Å². The molecule has 0 aliphatic carbocycles. The average molecular weight is 151 g/mol. The standard InChI is InChI=1S/C5H9ClNO2/c1-5(2,3)7(9)4(6)8/h1-3H3. The summed E-state index contributed by atoms with van der Waals surface area (Å²) in [5.41, 5.74) is -0.723. The highest BCUT2D eigenvalue weighted by molar-refractivity contribution is 6.62. The van der Waals surface area contributed by atoms with Crippen molar-refractivity contribution >= 4 is 17.0 Å². The van der Waals surface area contributed by atoms with Gasteiger partial charge in [0.1, 0.15) is 0 Å². The summed E-state index contributed by atoms with van der Waals surface area (Å²) in [6.07, 6.45) is 0. The maximum Gasteiger partial charge on any atom is 0.343 e. The Kier molecular flexibility index (Phi) is 2.46. The first-order valence-corrected chi connectivity index (χ1v) is 2.90. The Labute approximate surface area is 59.2 Å². The molecule has 1 amide bonds. The molecule has 0 saturated carbocycles. The summed E-state index contributed by atoms with van der Waals surface area (Å²) >= 11 is 4.89. The van der Waals surface area contributed by atoms with Crippen molar-refractivity contribution < 1.29 is 10.0 Å². The topological polar surface area (TPSA) is 40.2 Å². The molecule has 4 heteroatoms. The van der Waals surface area contributed by atoms with E-state index in [-0.39, 0.29) is 5.06 Å². The Balaban J connectivity index is 4.04. The Hall–Kier alpha value is -0.280. The third kappa shape index (κ3) is 2.67. The van der Waals surface area contributed by atoms with Gasteiger partial charge in [0.2, 0.25) is 0 Å². The third-order valence-corrected chi connectivity index (χ3v) is 0.922. The summed E-state index contributed by atoms with van der Waals surface area (Å²) in [4.78, 5) is 10.2. The van der Waals surface area contributed by atoms with Gasteiger partial charge in [-0.15, -0.1) is 0 Å². The Morgan fingerprint density at radius 3 is 1.78 bits per heavy atom. The molecule has 0 saturated heterocycles. The minimum atomic E-state index is -0.970. The summed E-state index contributed by atoms with van der Waals surface area (Å²) < 4.78 is 0. The van der Waals surface area contributed by atoms with Gasteiger partial charge in [0.15, 0.2) is 0 Å². The average Bonchev–Trinajstić information content (AvgIpc) is 1.62. The molecule has 0 N–H and O–H groups in total. The zero-order valence-electron chi connectivity index (χ0n) is 5.64. The maximum absolute atomic E-state index is 10.6. The fourth-order valence-electron chi connectivity index (χ4n) is 0.264. The number of carbonyl (C=O) groups is 1. The molecular weight excluding hydrogens is 142 g/mol. The second-order valence-electron chi connectivity index (χ2n) is 2.72. The van der Waals surface area contributed by atoms with Gasteiger partial charge in [0, 0.05) is 0 Å². The van der Waals surface area contributed by atoms with E-state index in [9.17, 15) is 10.0 Å². The van der Waals surface area contributed by atoms with E-state index in [4.69, 9.17) is 11.6 Å². The maximum atomic E-state index is 10.6. The van der Waals surface area contributed by atoms with E-state index in [2.05, 4.69) is 0 Å². The van der Waals surface area contributed by atoms with E-state index in [1.54, 1.807) is 20.8 Å². The molecule has 9 heavy (non-hydrogen) atoms. The number of carbonyl (C=O) groups excluding carboxylic acids is 1. The van der Waals surface area contributed by atoms with Gasteiger partial charge in [-0.25, -0.2) is 0 Å². The summed E-state index contributed by atoms with van der Waals surface area (Å²) in [7, 11) is 0. The smallest absolute Gasteiger partial charge is 0.253 e. The van der Waals surface area contributed by atoms with Crippen LogP contribution >= 0.6 is 11.6 Å². The quantitative estimate of drug-likeness (QED) is 0.295. The van der Waals surface area contributed by atoms with Crippen molar-refractivity contribution in [3.8, 4) is 0 Å². The lowest BCUT2D eigenvalue weighted by molar-refractivity contribution is -0.157. The molecule has 0 unspecified atom stereocenters. The van der Waals surface area contributed by atoms with E-state index < -0.39 is 10.9 Å². The van der Waals surface area contributed by atoms with Crippen molar-refractivity contribution in [2.45, 2.75) is 26.3 Å². The Morgan fingerprint density at radius 1 is 1.44 bits per heavy atom. The SMILES string of the molecule is CC(C)(C)N([O])C(=O)Cl. The molecule has 0 rings (SSSR count). The Bertz CT molecular complexity index is 119. The number of rotatable bonds is 0. The summed E-state index contributed by atoms with van der Waals surface area (Å²) in [6, 6.07) is 0. The molecular formula is C5H9ClNO2. The van der Waals surface area contributed by atoms with Crippen LogP contribution in [0, 0.1) is 0 Å². The monoisotopic (exact) mass is 150 g/mol. The van der Waals surface area contributed by atoms with Gasteiger partial charge >= 0.3 is 5.37 Å². The highest BCUT2D eigenvalue weighted by Gasteiger charge is 2.24. The second-order valence-corrected chi connectivity index (χ2v) is 3.04. The van der Waals surface area contributed by atoms with Gasteiger partial charge in [0.05, 0.1) is 5.54 Å². The van der Waals surface area contributed by atoms with Gasteiger partial charge in [-0.2, -0.15) is 5.06 Å². The van der Waals surface area contributed by atoms with Gasteiger partial charge in [-0.3, -0.25) is 4.79 Å². The van der Waals surface area contributed by atoms with Crippen molar-refractivity contribution in [1.82, 2.24) is 5.06 Å². The van der Waals surface area contributed by atoms with Gasteiger partial charge < -0.3 is 0 Å². The molecule has 0 aromatic carbocycles. The minimum Gasteiger partial charge on any atom is -0.253 e. The normalized spacial score (nSPS) is 11.2. The van der Waals surface area contributed by atoms with Crippen LogP contribution in [0.25, 0.3) is 0 Å². The van der Waals surface area contributed by atoms with Crippen LogP contribution in [-0.4, -0.2) is 16.0 Å². The van der Waals surface area contributed by atoms with Crippen LogP contribution in [0.2, 0.25) is 0 Å². The largest absolute Gasteiger partial charge is 0.343 e. The van der Waals surface area contributed by atoms with Crippen molar-refractivity contribution in [1.29, 1.82) is 0 Å². The lowest BCUT2D eigenvalue weighted by atomic mass is 10.1. The van der Waals surface area contributed by atoms with Crippen molar-refractivity contribution in [3.63, 3.8) is 0 Å². The van der Waals surface area contributed by atoms with E-state index >= 15 is 0 Å². The molecule has 0 spiro atoms. The van der Waals surface area contributed by atoms with E-state index in [0.29, 0.717) is 0 Å². The van der Waals surface area contributed by atoms with E-state index in [0.717, 1.165) is 0 Å². The fraction of sp³-hybridized carbons (Fsp3) is 0.800. The molecule has 0 fully saturated rings. The number of amides is 1. The van der Waals surface area contributed by atoms with Crippen LogP contribution in [0.3, 0.4) is 0 Å². The minimum absolute atomic E-state index is 0.231. The van der Waals surface area contributed by atoms with Gasteiger partial charge in [0.25, 0.3) is 0 Å². The number of hydrogen-bond acceptors (Lipinski definition) is 1. The van der Waals surface area contributed by atoms with Crippen LogP contribution < -0.4 is 0 Å². The zero-order valence-corrected chi connectivity index (χ0v) is 6.40. The molecule has 0 atom stereocenters. The molecule has 1 radical (unpaired) electrons. The van der Waals surface area contributed by atoms with E-state index in [1.165, 1.54) is 0 Å². The number of hydrogen-bond donors (Lipinski definition) is 0. The molecule has 0 aliphatic rings. The lowest BCUT2D eigenvalue weighted by Crippen LogP contribution is -2.38. The van der Waals surface area contributed by atoms with Crippen LogP contribution in [0.15, 0.2) is 0 Å². The highest BCUT2D eigenvalue weighted by atomic mass is 35.5. The van der Waals surface area contributed by atoms with Gasteiger partial charge in [-0.05, 0) is 32.4 Å². The zero-order chi connectivity index (χ0) is 7.65. The molecule has 0 bridgehead atoms. The molecule has 0 aliphatic heterocycles. The molecule has 0 aromatic rings. The third-order valence-electron chi connectivity index (χ3n) is 0.769. The van der Waals surface area contributed by atoms with Crippen LogP contribution in [0.4, 0.5) is 4.79 Å². The first-order chi connectivity index (χ1) is 3.85. The first kappa shape index (κ1) is 8.72. The van der Waals surface area contributed by atoms with Crippen LogP contribution in [-0.2, 0) is 5.21 Å². The first-order valence-electron chi connectivity index (χ1n) is 2.52. The summed E-state index contributed by atoms with van der Waals surface area (Å²) in [5.74, 6) is 0. The molecule has 3 nitrogen and oxygen atoms in total. The van der Waals surface area contributed by atoms with Crippen LogP contribution in [0.5, 0.6) is 0 Å². The fourth-order valence-corrected chi connectivity index (χ4v) is 0.517. The van der Waals surface area contributed by atoms with E-state index in [1.807, 2.05) is 0 Å². The van der Waals surface area contributed by atoms with Crippen molar-refractivity contribution in [3.05, 3.63) is 0 Å². The number of halogens is 1. The summed E-state index contributed by atoms with van der Waals surface area (Å²) in [5, 5.41) is 9.86. The molecule has 0 aromatic heterocycles. The van der Waals surface area contributed by atoms with Crippen molar-refractivity contribution in [2.24, 2.45) is 0 Å². The predicted molar refractivity (Wildman–Crippen MR) is 33.5 cm³/mol. The molecule has 53 valence electrons. The number of hydroxylamine groups is 2. The second kappa shape index (κ2) is 2.54. The predicted octanol–water partition coefficient (Wildman–Crippen LogP) is 1.79. The Morgan fingerprint density at radius 2 is 1.78 bits per heavy atom. The molecule has 0 heterocycles. The lowest BCUT2D eigenvalue weighted by Gasteiger charge is -2.23. The highest BCUT2D eigenvalue weighted by Crippen LogP contribution is 2.12. The summed E-state index contributed by atoms with van der Waals surface area (Å²) in [6.45, 7) is 4.83. The van der Waals surface area contributed by atoms with Crippen molar-refractivity contribution in [2.75, 3.05) is 0 Å². The van der Waals surface area contributed by atoms with Gasteiger partial charge in [-0.1, -0.05) is 5.21 Å². The number of nitrogens with zero attached hydrogens (tertiary/aromatic N) is 1.